The molecule has 0 saturated heterocycles. The van der Waals surface area contributed by atoms with Gasteiger partial charge in [0.2, 0.25) is 0 Å². The Labute approximate surface area is 356 Å². The van der Waals surface area contributed by atoms with Gasteiger partial charge in [0.25, 0.3) is 0 Å². The van der Waals surface area contributed by atoms with E-state index in [-0.39, 0.29) is 29.1 Å². The minimum atomic E-state index is -4.24. The molecule has 0 radical (unpaired) electrons. The molecule has 0 bridgehead atoms. The van der Waals surface area contributed by atoms with Gasteiger partial charge in [-0.3, -0.25) is 0 Å². The van der Waals surface area contributed by atoms with E-state index < -0.39 is 6.83 Å². The van der Waals surface area contributed by atoms with Crippen molar-refractivity contribution in [2.24, 2.45) is 0 Å². The quantitative estimate of drug-likeness (QED) is 0.0940. The number of rotatable bonds is 14. The number of benzene rings is 8. The Morgan fingerprint density at radius 1 is 0.311 bits per heavy atom. The van der Waals surface area contributed by atoms with E-state index in [1.165, 1.54) is 0 Å². The van der Waals surface area contributed by atoms with Crippen LogP contribution in [0.4, 0.5) is 0 Å². The average molecular weight is 827 g/mol. The van der Waals surface area contributed by atoms with Gasteiger partial charge in [-0.1, -0.05) is 0 Å². The third-order valence-corrected chi connectivity index (χ3v) is 17.3. The Hall–Kier alpha value is -7.21. The molecule has 3 N–H and O–H groups in total. The van der Waals surface area contributed by atoms with Gasteiger partial charge < -0.3 is 0 Å². The Morgan fingerprint density at radius 2 is 0.574 bits per heavy atom. The van der Waals surface area contributed by atoms with Gasteiger partial charge in [0.15, 0.2) is 0 Å². The molecular formula is C53H47O7P. The van der Waals surface area contributed by atoms with E-state index in [4.69, 9.17) is 18.7 Å². The zero-order chi connectivity index (χ0) is 42.4. The zero-order valence-corrected chi connectivity index (χ0v) is 35.0. The number of aromatic hydroxyl groups is 3. The monoisotopic (exact) mass is 826 g/mol. The molecular weight excluding hydrogens is 780 g/mol. The normalized spacial score (nSPS) is 12.5. The van der Waals surface area contributed by atoms with Crippen LogP contribution in [-0.4, -0.2) is 36.6 Å². The van der Waals surface area contributed by atoms with Crippen LogP contribution in [0.1, 0.15) is 34.1 Å². The van der Waals surface area contributed by atoms with Gasteiger partial charge in [-0.05, 0) is 0 Å². The first kappa shape index (κ1) is 40.6. The van der Waals surface area contributed by atoms with Crippen molar-refractivity contribution in [3.8, 4) is 40.2 Å². The van der Waals surface area contributed by atoms with E-state index in [1.807, 2.05) is 91.0 Å². The van der Waals surface area contributed by atoms with E-state index in [0.29, 0.717) is 5.75 Å². The summed E-state index contributed by atoms with van der Waals surface area (Å²) in [6.07, 6.45) is 0. The topological polar surface area (TPSA) is 97.6 Å². The van der Waals surface area contributed by atoms with Crippen molar-refractivity contribution >= 4 is 28.0 Å². The molecule has 0 spiro atoms. The third-order valence-electron chi connectivity index (χ3n) is 11.6. The molecule has 0 aliphatic carbocycles. The Bertz CT molecular complexity index is 2500. The molecule has 7 nitrogen and oxygen atoms in total. The maximum absolute atomic E-state index is 10.4. The SMILES string of the molecule is COc1ccc(P(Oc2ccc(C(c3ccc(O)cc3)C(c3ccc(O)cc3)c3ccc(O)cc3)cc2)(c2ccccc2)(c2ccc(OC)cc2)c2ccc(OC)cc2)cc1. The van der Waals surface area contributed by atoms with Crippen molar-refractivity contribution in [1.29, 1.82) is 0 Å². The van der Waals surface area contributed by atoms with Gasteiger partial charge in [0.1, 0.15) is 0 Å². The average Bonchev–Trinajstić information content (AvgIpc) is 3.32. The molecule has 0 aliphatic heterocycles. The van der Waals surface area contributed by atoms with Crippen LogP contribution in [0.5, 0.6) is 40.2 Å². The van der Waals surface area contributed by atoms with Crippen LogP contribution in [0.25, 0.3) is 0 Å². The van der Waals surface area contributed by atoms with Crippen molar-refractivity contribution in [1.82, 2.24) is 0 Å². The van der Waals surface area contributed by atoms with Gasteiger partial charge in [0, 0.05) is 0 Å². The zero-order valence-electron chi connectivity index (χ0n) is 34.1. The predicted octanol–water partition coefficient (Wildman–Crippen LogP) is 9.94. The van der Waals surface area contributed by atoms with Crippen LogP contribution in [0.15, 0.2) is 200 Å². The summed E-state index contributed by atoms with van der Waals surface area (Å²) < 4.78 is 25.0. The summed E-state index contributed by atoms with van der Waals surface area (Å²) >= 11 is 0. The van der Waals surface area contributed by atoms with E-state index in [1.54, 1.807) is 57.7 Å². The van der Waals surface area contributed by atoms with Crippen LogP contribution < -0.4 is 40.0 Å². The van der Waals surface area contributed by atoms with Gasteiger partial charge in [0.05, 0.1) is 0 Å². The molecule has 1 atom stereocenters. The number of phenols is 3. The van der Waals surface area contributed by atoms with E-state index >= 15 is 0 Å². The van der Waals surface area contributed by atoms with Crippen molar-refractivity contribution in [3.05, 3.63) is 222 Å². The summed E-state index contributed by atoms with van der Waals surface area (Å²) in [6, 6.07) is 65.0. The second kappa shape index (κ2) is 17.2. The molecule has 0 aliphatic rings. The summed E-state index contributed by atoms with van der Waals surface area (Å²) in [5.41, 5.74) is 3.89. The van der Waals surface area contributed by atoms with Gasteiger partial charge in [-0.15, -0.1) is 0 Å². The van der Waals surface area contributed by atoms with Crippen LogP contribution >= 0.6 is 6.83 Å². The second-order valence-electron chi connectivity index (χ2n) is 14.9. The van der Waals surface area contributed by atoms with Gasteiger partial charge >= 0.3 is 358 Å². The van der Waals surface area contributed by atoms with E-state index in [9.17, 15) is 15.3 Å². The number of methoxy groups -OCH3 is 3. The molecule has 306 valence electrons. The van der Waals surface area contributed by atoms with Crippen LogP contribution in [0.3, 0.4) is 0 Å². The molecule has 0 aromatic heterocycles. The Kier molecular flexibility index (Phi) is 11.4. The fraction of sp³-hybridized carbons (Fsp3) is 0.0943. The van der Waals surface area contributed by atoms with E-state index in [2.05, 4.69) is 72.8 Å². The molecule has 0 saturated carbocycles. The van der Waals surface area contributed by atoms with Gasteiger partial charge in [-0.25, -0.2) is 0 Å². The third kappa shape index (κ3) is 7.50. The first-order valence-corrected chi connectivity index (χ1v) is 22.1. The first-order valence-electron chi connectivity index (χ1n) is 19.9. The van der Waals surface area contributed by atoms with Crippen molar-refractivity contribution < 1.29 is 34.1 Å². The standard InChI is InChI=1S/C53H47O7P/c1-57-44-25-31-49(32-26-44)61(48-7-5-4-6-8-48,50-33-27-45(58-2)28-34-50,51-35-29-46(59-3)30-36-51)60-47-23-15-40(16-24-47)53(39-13-21-43(56)22-14-39)52(37-9-17-41(54)18-10-37)38-11-19-42(55)20-12-38/h4-36,52-56H,1-3H3. The molecule has 61 heavy (non-hydrogen) atoms. The van der Waals surface area contributed by atoms with Crippen LogP contribution in [-0.2, 0) is 0 Å². The van der Waals surface area contributed by atoms with E-state index in [0.717, 1.165) is 60.7 Å². The maximum atomic E-state index is 10.4. The summed E-state index contributed by atoms with van der Waals surface area (Å²) in [5, 5.41) is 34.9. The molecule has 0 fully saturated rings. The second-order valence-corrected chi connectivity index (χ2v) is 19.2. The minimum absolute atomic E-state index is 0.167. The molecule has 8 aromatic carbocycles. The molecule has 8 rings (SSSR count). The predicted molar refractivity (Wildman–Crippen MR) is 246 cm³/mol. The van der Waals surface area contributed by atoms with Gasteiger partial charge in [-0.2, -0.15) is 0 Å². The van der Waals surface area contributed by atoms with Crippen LogP contribution in [0, 0.1) is 0 Å². The molecule has 1 unspecified atom stereocenters. The molecule has 0 amide bonds. The Balaban J connectivity index is 1.38. The fourth-order valence-corrected chi connectivity index (χ4v) is 14.2. The van der Waals surface area contributed by atoms with Crippen molar-refractivity contribution in [2.75, 3.05) is 21.3 Å². The van der Waals surface area contributed by atoms with Crippen molar-refractivity contribution in [3.63, 3.8) is 0 Å². The number of hydrogen-bond acceptors (Lipinski definition) is 7. The number of hydrogen-bond donors (Lipinski definition) is 3. The van der Waals surface area contributed by atoms with Crippen LogP contribution in [0.2, 0.25) is 0 Å². The Morgan fingerprint density at radius 3 is 0.869 bits per heavy atom. The fourth-order valence-electron chi connectivity index (χ4n) is 8.56. The molecule has 8 heteroatoms. The summed E-state index contributed by atoms with van der Waals surface area (Å²) in [7, 11) is 4.99. The summed E-state index contributed by atoms with van der Waals surface area (Å²) in [5.74, 6) is 2.79. The molecule has 8 aromatic rings. The molecule has 0 heterocycles. The first-order chi connectivity index (χ1) is 29.7. The summed E-state index contributed by atoms with van der Waals surface area (Å²) in [6.45, 7) is -4.24. The summed E-state index contributed by atoms with van der Waals surface area (Å²) in [4.78, 5) is 0. The number of phenolic OH excluding ortho intramolecular Hbond substituents is 3. The van der Waals surface area contributed by atoms with Crippen molar-refractivity contribution in [2.45, 2.75) is 11.8 Å². The number of ether oxygens (including phenoxy) is 3.